The fourth-order valence-corrected chi connectivity index (χ4v) is 3.45. The van der Waals surface area contributed by atoms with Crippen molar-refractivity contribution >= 4 is 17.1 Å². The number of rotatable bonds is 9. The smallest absolute Gasteiger partial charge is 0.115 e. The molecule has 0 aliphatic carbocycles. The first-order chi connectivity index (χ1) is 16.4. The number of nitrogens with zero attached hydrogens (tertiary/aromatic N) is 2. The molecule has 0 bridgehead atoms. The summed E-state index contributed by atoms with van der Waals surface area (Å²) in [6.07, 6.45) is 10.6. The minimum Gasteiger partial charge on any atom is -0.508 e. The van der Waals surface area contributed by atoms with Gasteiger partial charge in [-0.25, -0.2) is 0 Å². The number of phenolic OH excluding ortho intramolecular Hbond substituents is 1. The van der Waals surface area contributed by atoms with E-state index in [-0.39, 0.29) is 5.75 Å². The van der Waals surface area contributed by atoms with E-state index in [1.807, 2.05) is 68.7 Å². The third-order valence-corrected chi connectivity index (χ3v) is 5.19. The van der Waals surface area contributed by atoms with Crippen LogP contribution in [0.15, 0.2) is 109 Å². The highest BCUT2D eigenvalue weighted by Gasteiger charge is 2.14. The third kappa shape index (κ3) is 6.33. The fourth-order valence-electron chi connectivity index (χ4n) is 3.45. The molecule has 0 atom stereocenters. The van der Waals surface area contributed by atoms with E-state index in [0.29, 0.717) is 6.54 Å². The molecule has 0 spiro atoms. The second kappa shape index (κ2) is 11.5. The van der Waals surface area contributed by atoms with Crippen molar-refractivity contribution in [3.05, 3.63) is 121 Å². The van der Waals surface area contributed by atoms with Gasteiger partial charge in [-0.2, -0.15) is 0 Å². The normalized spacial score (nSPS) is 11.8. The quantitative estimate of drug-likeness (QED) is 0.274. The number of hydrogen-bond acceptors (Lipinski definition) is 5. The van der Waals surface area contributed by atoms with Crippen LogP contribution in [0, 0.1) is 6.92 Å². The predicted octanol–water partition coefficient (Wildman–Crippen LogP) is 6.05. The first-order valence-corrected chi connectivity index (χ1v) is 10.9. The summed E-state index contributed by atoms with van der Waals surface area (Å²) in [4.78, 5) is 9.24. The molecule has 0 amide bonds. The predicted molar refractivity (Wildman–Crippen MR) is 143 cm³/mol. The first-order valence-electron chi connectivity index (χ1n) is 10.9. The van der Waals surface area contributed by atoms with Crippen LogP contribution in [0.4, 0.5) is 5.69 Å². The number of pyridine rings is 1. The molecular weight excluding hydrogens is 420 g/mol. The molecule has 0 saturated heterocycles. The number of allylic oxidation sites excluding steroid dienone is 2. The number of hydrogen-bond donors (Lipinski definition) is 3. The van der Waals surface area contributed by atoms with Crippen molar-refractivity contribution in [3.63, 3.8) is 0 Å². The minimum absolute atomic E-state index is 0.217. The van der Waals surface area contributed by atoms with Gasteiger partial charge >= 0.3 is 0 Å². The monoisotopic (exact) mass is 450 g/mol. The zero-order valence-electron chi connectivity index (χ0n) is 19.6. The van der Waals surface area contributed by atoms with Gasteiger partial charge in [0.25, 0.3) is 0 Å². The summed E-state index contributed by atoms with van der Waals surface area (Å²) in [5, 5.41) is 13.1. The molecule has 0 saturated carbocycles. The van der Waals surface area contributed by atoms with Crippen LogP contribution in [-0.2, 0) is 0 Å². The maximum Gasteiger partial charge on any atom is 0.115 e. The van der Waals surface area contributed by atoms with Crippen molar-refractivity contribution in [2.45, 2.75) is 13.8 Å². The minimum atomic E-state index is 0.217. The molecule has 2 aromatic carbocycles. The van der Waals surface area contributed by atoms with E-state index in [4.69, 9.17) is 10.7 Å². The Labute approximate surface area is 201 Å². The van der Waals surface area contributed by atoms with Gasteiger partial charge in [0, 0.05) is 41.5 Å². The Bertz CT molecular complexity index is 1270. The lowest BCUT2D eigenvalue weighted by Gasteiger charge is -2.17. The van der Waals surface area contributed by atoms with Crippen LogP contribution in [0.25, 0.3) is 16.8 Å². The van der Waals surface area contributed by atoms with Crippen LogP contribution < -0.4 is 11.1 Å². The Hall–Kier alpha value is -4.38. The molecule has 4 N–H and O–H groups in total. The van der Waals surface area contributed by atoms with E-state index in [1.165, 1.54) is 6.20 Å². The maximum atomic E-state index is 9.75. The van der Waals surface area contributed by atoms with E-state index in [1.54, 1.807) is 18.2 Å². The van der Waals surface area contributed by atoms with Crippen LogP contribution in [-0.4, -0.2) is 22.3 Å². The topological polar surface area (TPSA) is 83.5 Å². The van der Waals surface area contributed by atoms with Gasteiger partial charge in [0.1, 0.15) is 5.75 Å². The summed E-state index contributed by atoms with van der Waals surface area (Å²) in [6.45, 7) is 12.9. The summed E-state index contributed by atoms with van der Waals surface area (Å²) in [7, 11) is 0. The molecule has 172 valence electrons. The van der Waals surface area contributed by atoms with Crippen LogP contribution >= 0.6 is 0 Å². The van der Waals surface area contributed by atoms with Gasteiger partial charge < -0.3 is 16.2 Å². The van der Waals surface area contributed by atoms with Crippen molar-refractivity contribution in [2.24, 2.45) is 10.7 Å². The molecule has 3 aromatic rings. The Balaban J connectivity index is 2.03. The average molecular weight is 451 g/mol. The Kier molecular flexibility index (Phi) is 8.19. The van der Waals surface area contributed by atoms with Crippen molar-refractivity contribution in [1.82, 2.24) is 10.3 Å². The van der Waals surface area contributed by atoms with Gasteiger partial charge in [-0.1, -0.05) is 49.6 Å². The number of phenols is 1. The third-order valence-electron chi connectivity index (χ3n) is 5.19. The van der Waals surface area contributed by atoms with E-state index < -0.39 is 0 Å². The molecule has 1 aromatic heterocycles. The van der Waals surface area contributed by atoms with Crippen molar-refractivity contribution in [2.75, 3.05) is 6.54 Å². The second-order valence-corrected chi connectivity index (χ2v) is 7.93. The molecule has 0 unspecified atom stereocenters. The van der Waals surface area contributed by atoms with E-state index in [0.717, 1.165) is 50.5 Å². The Morgan fingerprint density at radius 3 is 2.59 bits per heavy atom. The Morgan fingerprint density at radius 1 is 1.12 bits per heavy atom. The van der Waals surface area contributed by atoms with Crippen molar-refractivity contribution < 1.29 is 5.11 Å². The number of aromatic nitrogens is 1. The second-order valence-electron chi connectivity index (χ2n) is 7.93. The van der Waals surface area contributed by atoms with Crippen LogP contribution in [0.3, 0.4) is 0 Å². The average Bonchev–Trinajstić information content (AvgIpc) is 2.83. The number of aryl methyl sites for hydroxylation is 1. The lowest BCUT2D eigenvalue weighted by atomic mass is 9.96. The lowest BCUT2D eigenvalue weighted by molar-refractivity contribution is 0.475. The SMILES string of the molecule is C=C(/C=C\C=C/N)CNC(=C)c1c(N=C(C)c2cncc(C)c2)cccc1-c1ccc(O)cc1. The molecule has 0 fully saturated rings. The molecule has 34 heavy (non-hydrogen) atoms. The molecule has 0 radical (unpaired) electrons. The number of aliphatic imine (C=N–C) groups is 1. The highest BCUT2D eigenvalue weighted by atomic mass is 16.3. The van der Waals surface area contributed by atoms with E-state index in [9.17, 15) is 5.11 Å². The number of benzene rings is 2. The summed E-state index contributed by atoms with van der Waals surface area (Å²) in [5.41, 5.74) is 13.5. The fraction of sp³-hybridized carbons (Fsp3) is 0.103. The number of aromatic hydroxyl groups is 1. The van der Waals surface area contributed by atoms with E-state index >= 15 is 0 Å². The summed E-state index contributed by atoms with van der Waals surface area (Å²) >= 11 is 0. The Morgan fingerprint density at radius 2 is 1.88 bits per heavy atom. The van der Waals surface area contributed by atoms with Gasteiger partial charge in [-0.05, 0) is 72.7 Å². The largest absolute Gasteiger partial charge is 0.508 e. The number of nitrogens with two attached hydrogens (primary N) is 1. The zero-order chi connectivity index (χ0) is 24.5. The highest BCUT2D eigenvalue weighted by Crippen LogP contribution is 2.36. The van der Waals surface area contributed by atoms with Gasteiger partial charge in [0.05, 0.1) is 5.69 Å². The van der Waals surface area contributed by atoms with E-state index in [2.05, 4.69) is 29.5 Å². The van der Waals surface area contributed by atoms with Crippen molar-refractivity contribution in [1.29, 1.82) is 0 Å². The summed E-state index contributed by atoms with van der Waals surface area (Å²) in [5.74, 6) is 0.217. The van der Waals surface area contributed by atoms with Crippen molar-refractivity contribution in [3.8, 4) is 16.9 Å². The summed E-state index contributed by atoms with van der Waals surface area (Å²) in [6, 6.07) is 15.1. The van der Waals surface area contributed by atoms with Crippen LogP contribution in [0.2, 0.25) is 0 Å². The van der Waals surface area contributed by atoms with Gasteiger partial charge in [0.15, 0.2) is 0 Å². The molecular formula is C29H30N4O. The standard InChI is InChI=1S/C29H30N4O/c1-20(8-5-6-15-30)18-32-23(4)29-27(24-11-13-26(34)14-12-24)9-7-10-28(29)33-22(3)25-16-21(2)17-31-19-25/h5-17,19,32,34H,1,4,18,30H2,2-3H3/b8-5-,15-6-,33-22?. The maximum absolute atomic E-state index is 9.75. The number of nitrogens with one attached hydrogen (secondary N) is 1. The van der Waals surface area contributed by atoms with Gasteiger partial charge in [0.2, 0.25) is 0 Å². The highest BCUT2D eigenvalue weighted by molar-refractivity contribution is 6.01. The lowest BCUT2D eigenvalue weighted by Crippen LogP contribution is -2.14. The first kappa shape index (κ1) is 24.3. The van der Waals surface area contributed by atoms with Crippen LogP contribution in [0.1, 0.15) is 23.6 Å². The molecule has 5 heteroatoms. The molecule has 0 aliphatic rings. The molecule has 5 nitrogen and oxygen atoms in total. The zero-order valence-corrected chi connectivity index (χ0v) is 19.6. The van der Waals surface area contributed by atoms with Gasteiger partial charge in [-0.15, -0.1) is 0 Å². The molecule has 1 heterocycles. The molecule has 3 rings (SSSR count). The van der Waals surface area contributed by atoms with Gasteiger partial charge in [-0.3, -0.25) is 9.98 Å². The molecule has 0 aliphatic heterocycles. The summed E-state index contributed by atoms with van der Waals surface area (Å²) < 4.78 is 0. The van der Waals surface area contributed by atoms with Crippen LogP contribution in [0.5, 0.6) is 5.75 Å².